The number of carbonyl (C=O) groups excluding carboxylic acids is 1. The zero-order valence-corrected chi connectivity index (χ0v) is 7.13. The zero-order chi connectivity index (χ0) is 8.43. The number of rotatable bonds is 3. The van der Waals surface area contributed by atoms with Crippen molar-refractivity contribution in [3.05, 3.63) is 0 Å². The van der Waals surface area contributed by atoms with Gasteiger partial charge >= 0.3 is 0 Å². The topological polar surface area (TPSA) is 55.1 Å². The van der Waals surface area contributed by atoms with Gasteiger partial charge in [-0.15, -0.1) is 0 Å². The van der Waals surface area contributed by atoms with Gasteiger partial charge in [-0.3, -0.25) is 4.79 Å². The first-order chi connectivity index (χ1) is 5.11. The second-order valence-corrected chi connectivity index (χ2v) is 3.51. The molecule has 1 fully saturated rings. The predicted molar refractivity (Wildman–Crippen MR) is 43.9 cm³/mol. The smallest absolute Gasteiger partial charge is 0.236 e. The third-order valence-electron chi connectivity index (χ3n) is 2.23. The highest BCUT2D eigenvalue weighted by molar-refractivity contribution is 5.80. The Morgan fingerprint density at radius 2 is 2.36 bits per heavy atom. The quantitative estimate of drug-likeness (QED) is 0.609. The minimum Gasteiger partial charge on any atom is -0.354 e. The van der Waals surface area contributed by atoms with E-state index in [0.717, 1.165) is 12.5 Å². The molecule has 3 heteroatoms. The van der Waals surface area contributed by atoms with Crippen molar-refractivity contribution in [3.63, 3.8) is 0 Å². The molecular formula is C8H16N2O. The van der Waals surface area contributed by atoms with E-state index in [0.29, 0.717) is 5.92 Å². The first kappa shape index (κ1) is 8.53. The van der Waals surface area contributed by atoms with Crippen LogP contribution in [0.3, 0.4) is 0 Å². The Balaban J connectivity index is 2.07. The Bertz CT molecular complexity index is 156. The van der Waals surface area contributed by atoms with Gasteiger partial charge in [-0.2, -0.15) is 0 Å². The van der Waals surface area contributed by atoms with Gasteiger partial charge in [0.1, 0.15) is 0 Å². The van der Waals surface area contributed by atoms with Gasteiger partial charge in [-0.1, -0.05) is 6.92 Å². The molecule has 3 N–H and O–H groups in total. The first-order valence-corrected chi connectivity index (χ1v) is 4.14. The van der Waals surface area contributed by atoms with E-state index in [1.807, 2.05) is 0 Å². The lowest BCUT2D eigenvalue weighted by Gasteiger charge is -2.05. The minimum absolute atomic E-state index is 0.0379. The Kier molecular flexibility index (Phi) is 2.49. The summed E-state index contributed by atoms with van der Waals surface area (Å²) in [5.74, 6) is 1.46. The molecule has 2 unspecified atom stereocenters. The number of hydrogen-bond donors (Lipinski definition) is 2. The SMILES string of the molecule is CC1CC1CNC(=O)[C@@H](C)N. The van der Waals surface area contributed by atoms with Crippen LogP contribution in [-0.4, -0.2) is 18.5 Å². The van der Waals surface area contributed by atoms with Crippen LogP contribution in [0.15, 0.2) is 0 Å². The van der Waals surface area contributed by atoms with E-state index in [-0.39, 0.29) is 11.9 Å². The van der Waals surface area contributed by atoms with Crippen molar-refractivity contribution in [2.45, 2.75) is 26.3 Å². The number of amides is 1. The highest BCUT2D eigenvalue weighted by Gasteiger charge is 2.32. The maximum absolute atomic E-state index is 10.9. The fraction of sp³-hybridized carbons (Fsp3) is 0.875. The maximum atomic E-state index is 10.9. The average Bonchev–Trinajstić information content (AvgIpc) is 2.61. The van der Waals surface area contributed by atoms with Gasteiger partial charge in [-0.05, 0) is 25.2 Å². The number of carbonyl (C=O) groups is 1. The molecule has 0 aromatic carbocycles. The number of hydrogen-bond acceptors (Lipinski definition) is 2. The summed E-state index contributed by atoms with van der Waals surface area (Å²) in [7, 11) is 0. The molecule has 3 nitrogen and oxygen atoms in total. The zero-order valence-electron chi connectivity index (χ0n) is 7.13. The van der Waals surface area contributed by atoms with Crippen LogP contribution in [-0.2, 0) is 4.79 Å². The molecule has 1 aliphatic carbocycles. The van der Waals surface area contributed by atoms with Crippen molar-refractivity contribution in [1.82, 2.24) is 5.32 Å². The molecule has 11 heavy (non-hydrogen) atoms. The van der Waals surface area contributed by atoms with Gasteiger partial charge in [0.25, 0.3) is 0 Å². The summed E-state index contributed by atoms with van der Waals surface area (Å²) in [5, 5.41) is 2.81. The van der Waals surface area contributed by atoms with Crippen LogP contribution in [0.4, 0.5) is 0 Å². The molecule has 3 atom stereocenters. The summed E-state index contributed by atoms with van der Waals surface area (Å²) < 4.78 is 0. The van der Waals surface area contributed by atoms with Crippen molar-refractivity contribution in [3.8, 4) is 0 Å². The first-order valence-electron chi connectivity index (χ1n) is 4.14. The van der Waals surface area contributed by atoms with E-state index < -0.39 is 0 Å². The van der Waals surface area contributed by atoms with Crippen LogP contribution in [0, 0.1) is 11.8 Å². The monoisotopic (exact) mass is 156 g/mol. The molecule has 0 saturated heterocycles. The van der Waals surface area contributed by atoms with Crippen molar-refractivity contribution in [2.24, 2.45) is 17.6 Å². The van der Waals surface area contributed by atoms with Crippen molar-refractivity contribution in [2.75, 3.05) is 6.54 Å². The van der Waals surface area contributed by atoms with Crippen molar-refractivity contribution >= 4 is 5.91 Å². The molecule has 1 rings (SSSR count). The lowest BCUT2D eigenvalue weighted by atomic mass is 10.3. The third-order valence-corrected chi connectivity index (χ3v) is 2.23. The van der Waals surface area contributed by atoms with Crippen molar-refractivity contribution < 1.29 is 4.79 Å². The maximum Gasteiger partial charge on any atom is 0.236 e. The Morgan fingerprint density at radius 3 is 2.73 bits per heavy atom. The van der Waals surface area contributed by atoms with Gasteiger partial charge in [0, 0.05) is 6.54 Å². The lowest BCUT2D eigenvalue weighted by molar-refractivity contribution is -0.122. The Morgan fingerprint density at radius 1 is 1.82 bits per heavy atom. The fourth-order valence-electron chi connectivity index (χ4n) is 1.08. The molecule has 1 amide bonds. The highest BCUT2D eigenvalue weighted by atomic mass is 16.2. The minimum atomic E-state index is -0.371. The average molecular weight is 156 g/mol. The molecule has 0 aliphatic heterocycles. The molecule has 0 aromatic heterocycles. The standard InChI is InChI=1S/C8H16N2O/c1-5-3-7(5)4-10-8(11)6(2)9/h5-7H,3-4,9H2,1-2H3,(H,10,11)/t5?,6-,7?/m1/s1. The van der Waals surface area contributed by atoms with E-state index in [2.05, 4.69) is 12.2 Å². The van der Waals surface area contributed by atoms with E-state index in [4.69, 9.17) is 5.73 Å². The second-order valence-electron chi connectivity index (χ2n) is 3.51. The van der Waals surface area contributed by atoms with Crippen LogP contribution in [0.2, 0.25) is 0 Å². The predicted octanol–water partition coefficient (Wildman–Crippen LogP) is 0.106. The molecule has 0 spiro atoms. The van der Waals surface area contributed by atoms with Crippen LogP contribution >= 0.6 is 0 Å². The summed E-state index contributed by atoms with van der Waals surface area (Å²) in [6, 6.07) is -0.371. The largest absolute Gasteiger partial charge is 0.354 e. The molecule has 1 aliphatic rings. The van der Waals surface area contributed by atoms with E-state index in [1.54, 1.807) is 6.92 Å². The summed E-state index contributed by atoms with van der Waals surface area (Å²) in [4.78, 5) is 10.9. The summed E-state index contributed by atoms with van der Waals surface area (Å²) in [6.07, 6.45) is 1.25. The number of nitrogens with one attached hydrogen (secondary N) is 1. The van der Waals surface area contributed by atoms with Gasteiger partial charge in [-0.25, -0.2) is 0 Å². The van der Waals surface area contributed by atoms with Crippen LogP contribution in [0.5, 0.6) is 0 Å². The molecule has 0 aromatic rings. The van der Waals surface area contributed by atoms with Gasteiger partial charge in [0.2, 0.25) is 5.91 Å². The summed E-state index contributed by atoms with van der Waals surface area (Å²) in [5.41, 5.74) is 5.37. The van der Waals surface area contributed by atoms with Crippen molar-refractivity contribution in [1.29, 1.82) is 0 Å². The molecule has 64 valence electrons. The molecule has 0 bridgehead atoms. The van der Waals surface area contributed by atoms with Crippen LogP contribution in [0.25, 0.3) is 0 Å². The van der Waals surface area contributed by atoms with Gasteiger partial charge in [0.15, 0.2) is 0 Å². The summed E-state index contributed by atoms with van der Waals surface area (Å²) in [6.45, 7) is 4.70. The second kappa shape index (κ2) is 3.22. The Labute approximate surface area is 67.3 Å². The molecule has 0 heterocycles. The summed E-state index contributed by atoms with van der Waals surface area (Å²) >= 11 is 0. The van der Waals surface area contributed by atoms with Crippen LogP contribution in [0.1, 0.15) is 20.3 Å². The fourth-order valence-corrected chi connectivity index (χ4v) is 1.08. The van der Waals surface area contributed by atoms with Gasteiger partial charge in [0.05, 0.1) is 6.04 Å². The van der Waals surface area contributed by atoms with E-state index in [9.17, 15) is 4.79 Å². The van der Waals surface area contributed by atoms with Crippen LogP contribution < -0.4 is 11.1 Å². The Hall–Kier alpha value is -0.570. The third kappa shape index (κ3) is 2.50. The number of nitrogens with two attached hydrogens (primary N) is 1. The molecule has 1 saturated carbocycles. The van der Waals surface area contributed by atoms with E-state index in [1.165, 1.54) is 6.42 Å². The van der Waals surface area contributed by atoms with E-state index >= 15 is 0 Å². The lowest BCUT2D eigenvalue weighted by Crippen LogP contribution is -2.39. The molecule has 0 radical (unpaired) electrons. The normalized spacial score (nSPS) is 31.2. The van der Waals surface area contributed by atoms with Gasteiger partial charge < -0.3 is 11.1 Å². The molecular weight excluding hydrogens is 140 g/mol. The highest BCUT2D eigenvalue weighted by Crippen LogP contribution is 2.36.